The molecule has 5 atom stereocenters. The Labute approximate surface area is 133 Å². The number of hydrogen-bond acceptors (Lipinski definition) is 3. The molecule has 3 rings (SSSR count). The summed E-state index contributed by atoms with van der Waals surface area (Å²) in [6.45, 7) is 4.24. The van der Waals surface area contributed by atoms with Crippen LogP contribution in [0.2, 0.25) is 0 Å². The Morgan fingerprint density at radius 3 is 2.68 bits per heavy atom. The van der Waals surface area contributed by atoms with Crippen LogP contribution < -0.4 is 0 Å². The number of aliphatic hydroxyl groups is 3. The van der Waals surface area contributed by atoms with Gasteiger partial charge in [0.25, 0.3) is 0 Å². The highest BCUT2D eigenvalue weighted by molar-refractivity contribution is 5.37. The Morgan fingerprint density at radius 1 is 1.14 bits per heavy atom. The largest absolute Gasteiger partial charge is 0.393 e. The van der Waals surface area contributed by atoms with Gasteiger partial charge >= 0.3 is 0 Å². The van der Waals surface area contributed by atoms with E-state index in [1.165, 1.54) is 11.1 Å². The summed E-state index contributed by atoms with van der Waals surface area (Å²) in [5.41, 5.74) is 3.52. The van der Waals surface area contributed by atoms with Crippen molar-refractivity contribution in [2.75, 3.05) is 0 Å². The van der Waals surface area contributed by atoms with Gasteiger partial charge in [-0.3, -0.25) is 0 Å². The zero-order valence-corrected chi connectivity index (χ0v) is 13.6. The molecule has 0 unspecified atom stereocenters. The van der Waals surface area contributed by atoms with Gasteiger partial charge in [0.2, 0.25) is 0 Å². The fourth-order valence-electron chi connectivity index (χ4n) is 4.54. The third-order valence-corrected chi connectivity index (χ3v) is 6.06. The van der Waals surface area contributed by atoms with Crippen LogP contribution in [0.25, 0.3) is 0 Å². The molecule has 122 valence electrons. The summed E-state index contributed by atoms with van der Waals surface area (Å²) in [5, 5.41) is 30.3. The standard InChI is InChI=1S/C19H28O3/c1-12-3-6-15(20)9-13(12)4-5-14-10-16(21)11-19(2)17(14)7-8-18(19)22/h4-5,10,15-18,20-22H,3,6-9,11H2,1-2H3/b5-4+/t15-,16+,17-,18+,19-/m0/s1. The summed E-state index contributed by atoms with van der Waals surface area (Å²) >= 11 is 0. The fraction of sp³-hybridized carbons (Fsp3) is 0.684. The van der Waals surface area contributed by atoms with Crippen molar-refractivity contribution in [2.24, 2.45) is 11.3 Å². The predicted octanol–water partition coefficient (Wildman–Crippen LogP) is 2.87. The van der Waals surface area contributed by atoms with Crippen LogP contribution in [0, 0.1) is 11.3 Å². The zero-order chi connectivity index (χ0) is 15.9. The van der Waals surface area contributed by atoms with Crippen LogP contribution in [0.3, 0.4) is 0 Å². The van der Waals surface area contributed by atoms with E-state index in [4.69, 9.17) is 0 Å². The van der Waals surface area contributed by atoms with Crippen molar-refractivity contribution in [2.45, 2.75) is 70.7 Å². The average Bonchev–Trinajstić information content (AvgIpc) is 2.75. The monoisotopic (exact) mass is 304 g/mol. The van der Waals surface area contributed by atoms with Crippen LogP contribution >= 0.6 is 0 Å². The fourth-order valence-corrected chi connectivity index (χ4v) is 4.54. The maximum atomic E-state index is 10.3. The van der Waals surface area contributed by atoms with E-state index in [-0.39, 0.29) is 17.6 Å². The molecule has 0 aromatic heterocycles. The quantitative estimate of drug-likeness (QED) is 0.735. The van der Waals surface area contributed by atoms with E-state index in [1.54, 1.807) is 0 Å². The summed E-state index contributed by atoms with van der Waals surface area (Å²) in [5.74, 6) is 0.330. The topological polar surface area (TPSA) is 60.7 Å². The summed E-state index contributed by atoms with van der Waals surface area (Å²) in [6.07, 6.45) is 10.2. The third-order valence-electron chi connectivity index (χ3n) is 6.06. The first-order chi connectivity index (χ1) is 10.4. The second-order valence-corrected chi connectivity index (χ2v) is 7.63. The Bertz CT molecular complexity index is 531. The second-order valence-electron chi connectivity index (χ2n) is 7.63. The van der Waals surface area contributed by atoms with Gasteiger partial charge in [0.1, 0.15) is 0 Å². The van der Waals surface area contributed by atoms with Crippen LogP contribution in [-0.2, 0) is 0 Å². The van der Waals surface area contributed by atoms with Gasteiger partial charge in [0, 0.05) is 5.41 Å². The van der Waals surface area contributed by atoms with Gasteiger partial charge in [-0.1, -0.05) is 30.7 Å². The molecule has 0 aromatic carbocycles. The third kappa shape index (κ3) is 2.82. The van der Waals surface area contributed by atoms with Gasteiger partial charge in [0.05, 0.1) is 18.3 Å². The molecule has 0 spiro atoms. The van der Waals surface area contributed by atoms with Crippen LogP contribution in [0.4, 0.5) is 0 Å². The Balaban J connectivity index is 1.84. The number of rotatable bonds is 2. The predicted molar refractivity (Wildman–Crippen MR) is 87.2 cm³/mol. The molecule has 0 saturated heterocycles. The van der Waals surface area contributed by atoms with Crippen LogP contribution in [0.1, 0.15) is 52.4 Å². The summed E-state index contributed by atoms with van der Waals surface area (Å²) in [7, 11) is 0. The lowest BCUT2D eigenvalue weighted by Crippen LogP contribution is -2.39. The highest BCUT2D eigenvalue weighted by Gasteiger charge is 2.49. The number of fused-ring (bicyclic) bond motifs is 1. The Kier molecular flexibility index (Phi) is 4.32. The normalized spacial score (nSPS) is 42.7. The second kappa shape index (κ2) is 5.95. The minimum Gasteiger partial charge on any atom is -0.393 e. The molecular weight excluding hydrogens is 276 g/mol. The van der Waals surface area contributed by atoms with Gasteiger partial charge < -0.3 is 15.3 Å². The first-order valence-electron chi connectivity index (χ1n) is 8.53. The van der Waals surface area contributed by atoms with Crippen molar-refractivity contribution in [3.05, 3.63) is 34.9 Å². The lowest BCUT2D eigenvalue weighted by atomic mass is 9.67. The average molecular weight is 304 g/mol. The molecule has 0 radical (unpaired) electrons. The first kappa shape index (κ1) is 16.0. The molecule has 3 aliphatic rings. The van der Waals surface area contributed by atoms with Gasteiger partial charge in [-0.25, -0.2) is 0 Å². The zero-order valence-electron chi connectivity index (χ0n) is 13.6. The van der Waals surface area contributed by atoms with Crippen molar-refractivity contribution in [3.8, 4) is 0 Å². The van der Waals surface area contributed by atoms with Gasteiger partial charge in [-0.05, 0) is 62.5 Å². The van der Waals surface area contributed by atoms with Crippen molar-refractivity contribution in [1.29, 1.82) is 0 Å². The lowest BCUT2D eigenvalue weighted by molar-refractivity contribution is 0.00663. The van der Waals surface area contributed by atoms with E-state index < -0.39 is 6.10 Å². The number of allylic oxidation sites excluding steroid dienone is 4. The molecule has 1 saturated carbocycles. The maximum absolute atomic E-state index is 10.3. The minimum atomic E-state index is -0.472. The SMILES string of the molecule is CC1=C(/C=C/C2=C[C@@H](O)C[C@]3(C)[C@H](O)CC[C@@H]23)C[C@@H](O)CC1. The van der Waals surface area contributed by atoms with E-state index in [1.807, 2.05) is 6.08 Å². The molecule has 0 aromatic rings. The van der Waals surface area contributed by atoms with E-state index in [9.17, 15) is 15.3 Å². The van der Waals surface area contributed by atoms with Gasteiger partial charge in [-0.15, -0.1) is 0 Å². The molecular formula is C19H28O3. The molecule has 0 amide bonds. The molecule has 0 heterocycles. The van der Waals surface area contributed by atoms with Crippen molar-refractivity contribution >= 4 is 0 Å². The van der Waals surface area contributed by atoms with E-state index in [0.29, 0.717) is 12.3 Å². The van der Waals surface area contributed by atoms with Gasteiger partial charge in [0.15, 0.2) is 0 Å². The van der Waals surface area contributed by atoms with Crippen LogP contribution in [-0.4, -0.2) is 33.6 Å². The smallest absolute Gasteiger partial charge is 0.0733 e. The highest BCUT2D eigenvalue weighted by atomic mass is 16.3. The van der Waals surface area contributed by atoms with Crippen LogP contribution in [0.15, 0.2) is 34.9 Å². The summed E-state index contributed by atoms with van der Waals surface area (Å²) < 4.78 is 0. The summed E-state index contributed by atoms with van der Waals surface area (Å²) in [6, 6.07) is 0. The minimum absolute atomic E-state index is 0.205. The van der Waals surface area contributed by atoms with Crippen molar-refractivity contribution < 1.29 is 15.3 Å². The number of hydrogen-bond donors (Lipinski definition) is 3. The Hall–Kier alpha value is -0.900. The Morgan fingerprint density at radius 2 is 1.91 bits per heavy atom. The summed E-state index contributed by atoms with van der Waals surface area (Å²) in [4.78, 5) is 0. The first-order valence-corrected chi connectivity index (χ1v) is 8.53. The molecule has 3 aliphatic carbocycles. The van der Waals surface area contributed by atoms with E-state index in [2.05, 4.69) is 26.0 Å². The molecule has 0 bridgehead atoms. The van der Waals surface area contributed by atoms with Crippen molar-refractivity contribution in [3.63, 3.8) is 0 Å². The van der Waals surface area contributed by atoms with E-state index >= 15 is 0 Å². The van der Waals surface area contributed by atoms with Crippen LogP contribution in [0.5, 0.6) is 0 Å². The van der Waals surface area contributed by atoms with E-state index in [0.717, 1.165) is 37.7 Å². The lowest BCUT2D eigenvalue weighted by Gasteiger charge is -2.40. The molecule has 3 heteroatoms. The van der Waals surface area contributed by atoms with Crippen molar-refractivity contribution in [1.82, 2.24) is 0 Å². The molecule has 3 N–H and O–H groups in total. The highest BCUT2D eigenvalue weighted by Crippen LogP contribution is 2.52. The number of aliphatic hydroxyl groups excluding tert-OH is 3. The molecule has 3 nitrogen and oxygen atoms in total. The molecule has 22 heavy (non-hydrogen) atoms. The molecule has 0 aliphatic heterocycles. The maximum Gasteiger partial charge on any atom is 0.0733 e. The molecule has 1 fully saturated rings. The van der Waals surface area contributed by atoms with Gasteiger partial charge in [-0.2, -0.15) is 0 Å².